The van der Waals surface area contributed by atoms with Gasteiger partial charge in [0.15, 0.2) is 0 Å². The van der Waals surface area contributed by atoms with E-state index in [9.17, 15) is 9.90 Å². The molecule has 2 aromatic carbocycles. The van der Waals surface area contributed by atoms with Gasteiger partial charge in [0, 0.05) is 11.1 Å². The molecule has 0 saturated carbocycles. The summed E-state index contributed by atoms with van der Waals surface area (Å²) in [5.41, 5.74) is 3.74. The predicted molar refractivity (Wildman–Crippen MR) is 129 cm³/mol. The minimum absolute atomic E-state index is 0.0473. The lowest BCUT2D eigenvalue weighted by molar-refractivity contribution is -0.133. The molecule has 1 aliphatic rings. The van der Waals surface area contributed by atoms with Gasteiger partial charge in [-0.15, -0.1) is 0 Å². The fraction of sp³-hybridized carbons (Fsp3) is 0.536. The molecule has 0 aliphatic carbocycles. The Morgan fingerprint density at radius 3 is 2.25 bits per heavy atom. The summed E-state index contributed by atoms with van der Waals surface area (Å²) >= 11 is 0. The molecule has 0 saturated heterocycles. The molecule has 1 heterocycles. The van der Waals surface area contributed by atoms with Crippen molar-refractivity contribution >= 4 is 5.97 Å². The third kappa shape index (κ3) is 5.35. The number of carbonyl (C=O) groups excluding carboxylic acids is 1. The molecule has 2 atom stereocenters. The first-order valence-corrected chi connectivity index (χ1v) is 11.7. The molecule has 2 aromatic rings. The number of carbonyl (C=O) groups is 1. The number of benzene rings is 2. The van der Waals surface area contributed by atoms with E-state index in [-0.39, 0.29) is 23.4 Å². The van der Waals surface area contributed by atoms with E-state index in [1.807, 2.05) is 24.3 Å². The van der Waals surface area contributed by atoms with Crippen LogP contribution in [0.3, 0.4) is 0 Å². The Morgan fingerprint density at radius 2 is 1.69 bits per heavy atom. The zero-order valence-electron chi connectivity index (χ0n) is 20.6. The zero-order valence-corrected chi connectivity index (χ0v) is 20.6. The Kier molecular flexibility index (Phi) is 7.04. The summed E-state index contributed by atoms with van der Waals surface area (Å²) in [6.07, 6.45) is 2.23. The van der Waals surface area contributed by atoms with Crippen LogP contribution in [0.5, 0.6) is 11.5 Å². The van der Waals surface area contributed by atoms with Crippen molar-refractivity contribution in [1.82, 2.24) is 0 Å². The number of fused-ring (bicyclic) bond motifs is 1. The Morgan fingerprint density at radius 1 is 1.03 bits per heavy atom. The van der Waals surface area contributed by atoms with Gasteiger partial charge in [-0.05, 0) is 40.5 Å². The second-order valence-corrected chi connectivity index (χ2v) is 11.0. The van der Waals surface area contributed by atoms with E-state index in [4.69, 9.17) is 9.47 Å². The molecule has 174 valence electrons. The van der Waals surface area contributed by atoms with Crippen LogP contribution in [-0.2, 0) is 15.6 Å². The van der Waals surface area contributed by atoms with Gasteiger partial charge in [0.1, 0.15) is 24.0 Å². The maximum Gasteiger partial charge on any atom is 0.323 e. The van der Waals surface area contributed by atoms with Gasteiger partial charge in [-0.2, -0.15) is 0 Å². The molecule has 2 unspecified atom stereocenters. The van der Waals surface area contributed by atoms with E-state index in [1.54, 1.807) is 0 Å². The van der Waals surface area contributed by atoms with Gasteiger partial charge in [0.05, 0.1) is 6.10 Å². The highest BCUT2D eigenvalue weighted by molar-refractivity contribution is 5.90. The van der Waals surface area contributed by atoms with E-state index in [0.29, 0.717) is 11.5 Å². The molecule has 1 aliphatic heterocycles. The lowest BCUT2D eigenvalue weighted by Crippen LogP contribution is -2.18. The van der Waals surface area contributed by atoms with Crippen molar-refractivity contribution in [3.8, 4) is 11.5 Å². The van der Waals surface area contributed by atoms with Gasteiger partial charge in [-0.3, -0.25) is 4.79 Å². The van der Waals surface area contributed by atoms with Gasteiger partial charge in [0.2, 0.25) is 0 Å². The number of aliphatic hydroxyl groups excluding tert-OH is 1. The maximum absolute atomic E-state index is 13.0. The normalized spacial score (nSPS) is 17.1. The average molecular weight is 439 g/mol. The molecule has 0 fully saturated rings. The predicted octanol–water partition coefficient (Wildman–Crippen LogP) is 6.26. The third-order valence-electron chi connectivity index (χ3n) is 6.09. The maximum atomic E-state index is 13.0. The smallest absolute Gasteiger partial charge is 0.323 e. The zero-order chi connectivity index (χ0) is 23.7. The minimum atomic E-state index is -0.500. The third-order valence-corrected chi connectivity index (χ3v) is 6.09. The molecule has 1 N–H and O–H groups in total. The van der Waals surface area contributed by atoms with Crippen molar-refractivity contribution < 1.29 is 19.4 Å². The summed E-state index contributed by atoms with van der Waals surface area (Å²) in [5, 5.41) is 10.2. The van der Waals surface area contributed by atoms with Crippen molar-refractivity contribution in [2.75, 3.05) is 6.61 Å². The molecule has 32 heavy (non-hydrogen) atoms. The van der Waals surface area contributed by atoms with Crippen LogP contribution >= 0.6 is 0 Å². The number of esters is 1. The molecule has 0 amide bonds. The van der Waals surface area contributed by atoms with Gasteiger partial charge in [0.25, 0.3) is 0 Å². The van der Waals surface area contributed by atoms with Crippen molar-refractivity contribution in [3.05, 3.63) is 58.7 Å². The highest BCUT2D eigenvalue weighted by Gasteiger charge is 2.39. The van der Waals surface area contributed by atoms with Crippen LogP contribution in [0.1, 0.15) is 95.9 Å². The highest BCUT2D eigenvalue weighted by atomic mass is 16.5. The number of ether oxygens (including phenoxy) is 2. The van der Waals surface area contributed by atoms with Crippen molar-refractivity contribution in [1.29, 1.82) is 0 Å². The summed E-state index contributed by atoms with van der Waals surface area (Å²) in [6, 6.07) is 12.1. The Hall–Kier alpha value is -2.33. The fourth-order valence-electron chi connectivity index (χ4n) is 4.09. The van der Waals surface area contributed by atoms with Crippen molar-refractivity contribution in [2.45, 2.75) is 90.6 Å². The van der Waals surface area contributed by atoms with Crippen LogP contribution in [0.4, 0.5) is 0 Å². The molecule has 4 heteroatoms. The summed E-state index contributed by atoms with van der Waals surface area (Å²) in [4.78, 5) is 13.0. The second-order valence-electron chi connectivity index (χ2n) is 11.0. The number of rotatable bonds is 7. The number of aliphatic hydroxyl groups is 1. The van der Waals surface area contributed by atoms with Crippen LogP contribution in [0.15, 0.2) is 36.4 Å². The quantitative estimate of drug-likeness (QED) is 0.409. The summed E-state index contributed by atoms with van der Waals surface area (Å²) in [7, 11) is 0. The highest BCUT2D eigenvalue weighted by Crippen LogP contribution is 2.47. The number of unbranched alkanes of at least 4 members (excludes halogenated alkanes) is 1. The molecule has 3 rings (SSSR count). The summed E-state index contributed by atoms with van der Waals surface area (Å²) in [6.45, 7) is 15.2. The van der Waals surface area contributed by atoms with E-state index < -0.39 is 12.0 Å². The monoisotopic (exact) mass is 438 g/mol. The first-order valence-electron chi connectivity index (χ1n) is 11.7. The molecule has 4 nitrogen and oxygen atoms in total. The summed E-state index contributed by atoms with van der Waals surface area (Å²) in [5.74, 6) is 0.577. The molecule has 0 aromatic heterocycles. The fourth-order valence-corrected chi connectivity index (χ4v) is 4.09. The topological polar surface area (TPSA) is 55.8 Å². The standard InChI is InChI=1S/C28H38O4/c1-8-9-10-20(29)17-31-21-15-22-24(18-11-13-19(14-12-18)27(2,3)4)26(30)32-25(22)23(16-21)28(5,6)7/h11-16,20,24,29H,8-10,17H2,1-7H3. The Bertz CT molecular complexity index is 945. The Balaban J connectivity index is 1.98. The van der Waals surface area contributed by atoms with Gasteiger partial charge in [-0.25, -0.2) is 0 Å². The van der Waals surface area contributed by atoms with Crippen LogP contribution in [-0.4, -0.2) is 23.8 Å². The largest absolute Gasteiger partial charge is 0.491 e. The molecule has 0 bridgehead atoms. The van der Waals surface area contributed by atoms with Gasteiger partial charge >= 0.3 is 5.97 Å². The van der Waals surface area contributed by atoms with Crippen LogP contribution in [0.2, 0.25) is 0 Å². The van der Waals surface area contributed by atoms with E-state index in [0.717, 1.165) is 36.0 Å². The molecular weight excluding hydrogens is 400 g/mol. The lowest BCUT2D eigenvalue weighted by atomic mass is 9.82. The summed E-state index contributed by atoms with van der Waals surface area (Å²) < 4.78 is 11.8. The molecule has 0 spiro atoms. The minimum Gasteiger partial charge on any atom is -0.491 e. The first kappa shape index (κ1) is 24.3. The number of hydrogen-bond donors (Lipinski definition) is 1. The average Bonchev–Trinajstić information content (AvgIpc) is 3.04. The van der Waals surface area contributed by atoms with E-state index in [1.165, 1.54) is 5.56 Å². The Labute approximate surface area is 193 Å². The van der Waals surface area contributed by atoms with Crippen molar-refractivity contribution in [3.63, 3.8) is 0 Å². The van der Waals surface area contributed by atoms with Crippen LogP contribution in [0.25, 0.3) is 0 Å². The molecule has 0 radical (unpaired) electrons. The van der Waals surface area contributed by atoms with Crippen LogP contribution in [0, 0.1) is 0 Å². The number of hydrogen-bond acceptors (Lipinski definition) is 4. The second kappa shape index (κ2) is 9.27. The van der Waals surface area contributed by atoms with Gasteiger partial charge in [-0.1, -0.05) is 85.6 Å². The van der Waals surface area contributed by atoms with E-state index >= 15 is 0 Å². The van der Waals surface area contributed by atoms with Crippen molar-refractivity contribution in [2.24, 2.45) is 0 Å². The first-order chi connectivity index (χ1) is 14.9. The van der Waals surface area contributed by atoms with E-state index in [2.05, 4.69) is 60.6 Å². The molecular formula is C28H38O4. The van der Waals surface area contributed by atoms with Crippen LogP contribution < -0.4 is 9.47 Å². The SMILES string of the molecule is CCCCC(O)COc1cc2c(c(C(C)(C)C)c1)OC(=O)C2c1ccc(C(C)(C)C)cc1. The lowest BCUT2D eigenvalue weighted by Gasteiger charge is -2.23. The van der Waals surface area contributed by atoms with Gasteiger partial charge < -0.3 is 14.6 Å².